The van der Waals surface area contributed by atoms with E-state index in [9.17, 15) is 19.8 Å². The van der Waals surface area contributed by atoms with Crippen LogP contribution in [0.2, 0.25) is 0 Å². The van der Waals surface area contributed by atoms with Gasteiger partial charge in [0.05, 0.1) is 13.2 Å². The first-order chi connectivity index (χ1) is 13.9. The molecule has 0 saturated heterocycles. The summed E-state index contributed by atoms with van der Waals surface area (Å²) in [5, 5.41) is 19.1. The number of carboxylic acid groups (broad SMARTS) is 2. The van der Waals surface area contributed by atoms with Crippen LogP contribution in [0.15, 0.2) is 0 Å². The molecule has 1 heterocycles. The highest BCUT2D eigenvalue weighted by molar-refractivity contribution is 7.16. The van der Waals surface area contributed by atoms with Gasteiger partial charge in [0, 0.05) is 0 Å². The van der Waals surface area contributed by atoms with Gasteiger partial charge in [-0.3, -0.25) is 0 Å². The van der Waals surface area contributed by atoms with E-state index in [0.717, 1.165) is 51.4 Å². The average molecular weight is 429 g/mol. The molecule has 29 heavy (non-hydrogen) atoms. The number of aromatic carboxylic acids is 2. The van der Waals surface area contributed by atoms with Crippen molar-refractivity contribution in [2.45, 2.75) is 79.1 Å². The second kappa shape index (κ2) is 13.5. The lowest BCUT2D eigenvalue weighted by Crippen LogP contribution is -2.15. The van der Waals surface area contributed by atoms with Crippen LogP contribution in [-0.2, 0) is 0 Å². The minimum atomic E-state index is -1.19. The summed E-state index contributed by atoms with van der Waals surface area (Å²) in [6, 6.07) is 0. The molecule has 0 bridgehead atoms. The van der Waals surface area contributed by atoms with Gasteiger partial charge in [0.1, 0.15) is 0 Å². The lowest BCUT2D eigenvalue weighted by atomic mass is 10.0. The van der Waals surface area contributed by atoms with Crippen molar-refractivity contribution in [1.82, 2.24) is 0 Å². The van der Waals surface area contributed by atoms with E-state index in [0.29, 0.717) is 36.4 Å². The second-order valence-corrected chi connectivity index (χ2v) is 8.50. The van der Waals surface area contributed by atoms with Crippen LogP contribution < -0.4 is 9.47 Å². The molecule has 2 atom stereocenters. The van der Waals surface area contributed by atoms with Gasteiger partial charge in [-0.1, -0.05) is 66.2 Å². The first-order valence-corrected chi connectivity index (χ1v) is 11.6. The van der Waals surface area contributed by atoms with E-state index in [-0.39, 0.29) is 21.3 Å². The van der Waals surface area contributed by atoms with Crippen molar-refractivity contribution in [3.63, 3.8) is 0 Å². The molecule has 0 unspecified atom stereocenters. The lowest BCUT2D eigenvalue weighted by molar-refractivity contribution is 0.0682. The van der Waals surface area contributed by atoms with Gasteiger partial charge in [-0.25, -0.2) is 9.59 Å². The molecule has 1 rings (SSSR count). The Kier molecular flexibility index (Phi) is 11.7. The van der Waals surface area contributed by atoms with Crippen molar-refractivity contribution >= 4 is 23.3 Å². The minimum absolute atomic E-state index is 0.0696. The molecule has 0 aliphatic carbocycles. The zero-order valence-corrected chi connectivity index (χ0v) is 19.0. The molecule has 6 nitrogen and oxygen atoms in total. The van der Waals surface area contributed by atoms with E-state index in [1.54, 1.807) is 0 Å². The molecule has 0 aliphatic rings. The number of rotatable bonds is 16. The third-order valence-electron chi connectivity index (χ3n) is 5.22. The first kappa shape index (κ1) is 25.3. The maximum absolute atomic E-state index is 11.7. The minimum Gasteiger partial charge on any atom is -0.488 e. The van der Waals surface area contributed by atoms with Gasteiger partial charge >= 0.3 is 11.9 Å². The Bertz CT molecular complexity index is 587. The van der Waals surface area contributed by atoms with Gasteiger partial charge in [0.2, 0.25) is 0 Å². The fourth-order valence-electron chi connectivity index (χ4n) is 3.14. The largest absolute Gasteiger partial charge is 0.488 e. The Labute approximate surface area is 178 Å². The molecule has 0 spiro atoms. The molecule has 0 aromatic carbocycles. The van der Waals surface area contributed by atoms with Crippen LogP contribution in [0.25, 0.3) is 0 Å². The summed E-state index contributed by atoms with van der Waals surface area (Å²) >= 11 is 0.708. The van der Waals surface area contributed by atoms with Crippen LogP contribution in [0.5, 0.6) is 11.5 Å². The summed E-state index contributed by atoms with van der Waals surface area (Å²) in [6.07, 6.45) is 8.17. The van der Waals surface area contributed by atoms with Gasteiger partial charge in [-0.05, 0) is 24.7 Å². The van der Waals surface area contributed by atoms with Crippen molar-refractivity contribution in [3.8, 4) is 11.5 Å². The number of thiophene rings is 1. The number of unbranched alkanes of at least 4 members (excludes halogenated alkanes) is 2. The Hall–Kier alpha value is -1.76. The van der Waals surface area contributed by atoms with Crippen LogP contribution in [0.4, 0.5) is 0 Å². The monoisotopic (exact) mass is 428 g/mol. The Balaban J connectivity index is 3.09. The molecule has 7 heteroatoms. The summed E-state index contributed by atoms with van der Waals surface area (Å²) in [7, 11) is 0. The Morgan fingerprint density at radius 3 is 1.45 bits per heavy atom. The number of ether oxygens (including phenoxy) is 2. The van der Waals surface area contributed by atoms with E-state index < -0.39 is 11.9 Å². The first-order valence-electron chi connectivity index (χ1n) is 10.8. The standard InChI is InChI=1S/C22H36O6S/c1-5-9-11-15(7-3)13-27-17-18(28-14-16(8-4)12-10-6-2)20(22(25)26)29-19(17)21(23)24/h15-16H,5-14H2,1-4H3,(H,23,24)(H,25,26)/t15-,16+. The van der Waals surface area contributed by atoms with Crippen LogP contribution in [0, 0.1) is 11.8 Å². The smallest absolute Gasteiger partial charge is 0.349 e. The fourth-order valence-corrected chi connectivity index (χ4v) is 4.01. The van der Waals surface area contributed by atoms with Crippen LogP contribution in [0.1, 0.15) is 98.4 Å². The van der Waals surface area contributed by atoms with Crippen LogP contribution in [0.3, 0.4) is 0 Å². The average Bonchev–Trinajstić information content (AvgIpc) is 3.07. The molecule has 0 radical (unpaired) electrons. The zero-order valence-electron chi connectivity index (χ0n) is 18.2. The molecule has 166 valence electrons. The van der Waals surface area contributed by atoms with E-state index in [1.807, 2.05) is 0 Å². The predicted molar refractivity (Wildman–Crippen MR) is 116 cm³/mol. The summed E-state index contributed by atoms with van der Waals surface area (Å²) in [4.78, 5) is 23.2. The highest BCUT2D eigenvalue weighted by atomic mass is 32.1. The molecule has 1 aromatic heterocycles. The van der Waals surface area contributed by atoms with Crippen molar-refractivity contribution < 1.29 is 29.3 Å². The Morgan fingerprint density at radius 2 is 1.17 bits per heavy atom. The number of carboxylic acids is 2. The quantitative estimate of drug-likeness (QED) is 0.319. The predicted octanol–water partition coefficient (Wildman–Crippen LogP) is 6.33. The molecule has 0 fully saturated rings. The van der Waals surface area contributed by atoms with Gasteiger partial charge in [-0.2, -0.15) is 0 Å². The lowest BCUT2D eigenvalue weighted by Gasteiger charge is -2.19. The summed E-state index contributed by atoms with van der Waals surface area (Å²) in [5.41, 5.74) is 0. The summed E-state index contributed by atoms with van der Waals surface area (Å²) in [5.74, 6) is -1.65. The maximum atomic E-state index is 11.7. The number of hydrogen-bond donors (Lipinski definition) is 2. The van der Waals surface area contributed by atoms with Gasteiger partial charge in [-0.15, -0.1) is 11.3 Å². The van der Waals surface area contributed by atoms with E-state index >= 15 is 0 Å². The van der Waals surface area contributed by atoms with Gasteiger partial charge in [0.15, 0.2) is 21.3 Å². The normalized spacial score (nSPS) is 13.1. The summed E-state index contributed by atoms with van der Waals surface area (Å²) in [6.45, 7) is 9.13. The maximum Gasteiger partial charge on any atom is 0.349 e. The number of hydrogen-bond acceptors (Lipinski definition) is 5. The SMILES string of the molecule is CCCC[C@@H](CC)COc1c(C(=O)O)sc(C(=O)O)c1OC[C@@H](CC)CCCC. The third kappa shape index (κ3) is 7.88. The van der Waals surface area contributed by atoms with Crippen molar-refractivity contribution in [1.29, 1.82) is 0 Å². The third-order valence-corrected chi connectivity index (χ3v) is 6.35. The molecule has 2 N–H and O–H groups in total. The van der Waals surface area contributed by atoms with Crippen molar-refractivity contribution in [2.24, 2.45) is 11.8 Å². The molecule has 1 aromatic rings. The molecular weight excluding hydrogens is 392 g/mol. The van der Waals surface area contributed by atoms with Crippen LogP contribution in [-0.4, -0.2) is 35.4 Å². The molecular formula is C22H36O6S. The molecule has 0 saturated carbocycles. The fraction of sp³-hybridized carbons (Fsp3) is 0.727. The number of carbonyl (C=O) groups is 2. The second-order valence-electron chi connectivity index (χ2n) is 7.48. The zero-order chi connectivity index (χ0) is 21.8. The topological polar surface area (TPSA) is 93.1 Å². The molecule has 0 amide bonds. The highest BCUT2D eigenvalue weighted by Crippen LogP contribution is 2.43. The van der Waals surface area contributed by atoms with Crippen LogP contribution >= 0.6 is 11.3 Å². The van der Waals surface area contributed by atoms with E-state index in [2.05, 4.69) is 27.7 Å². The summed E-state index contributed by atoms with van der Waals surface area (Å²) < 4.78 is 11.8. The van der Waals surface area contributed by atoms with Crippen molar-refractivity contribution in [3.05, 3.63) is 9.75 Å². The van der Waals surface area contributed by atoms with Gasteiger partial charge in [0.25, 0.3) is 0 Å². The highest BCUT2D eigenvalue weighted by Gasteiger charge is 2.30. The van der Waals surface area contributed by atoms with E-state index in [4.69, 9.17) is 9.47 Å². The van der Waals surface area contributed by atoms with Gasteiger partial charge < -0.3 is 19.7 Å². The van der Waals surface area contributed by atoms with E-state index in [1.165, 1.54) is 0 Å². The molecule has 0 aliphatic heterocycles. The van der Waals surface area contributed by atoms with Crippen molar-refractivity contribution in [2.75, 3.05) is 13.2 Å². The Morgan fingerprint density at radius 1 is 0.793 bits per heavy atom.